The van der Waals surface area contributed by atoms with Crippen LogP contribution in [0, 0.1) is 0 Å². The highest BCUT2D eigenvalue weighted by molar-refractivity contribution is 6.27. The Kier molecular flexibility index (Phi) is 18.9. The van der Waals surface area contributed by atoms with Crippen molar-refractivity contribution >= 4 is 174 Å². The van der Waals surface area contributed by atoms with Crippen LogP contribution in [0.25, 0.3) is 255 Å². The lowest BCUT2D eigenvalue weighted by Crippen LogP contribution is -2.05. The first-order valence-electron chi connectivity index (χ1n) is 48.0. The van der Waals surface area contributed by atoms with Crippen LogP contribution in [-0.2, 0) is 0 Å². The minimum absolute atomic E-state index is 0.832. The smallest absolute Gasteiger partial charge is 0.140 e. The Bertz CT molecular complexity index is 9790. The molecule has 13 heterocycles. The second-order valence-corrected chi connectivity index (χ2v) is 36.1. The molecule has 0 aliphatic heterocycles. The summed E-state index contributed by atoms with van der Waals surface area (Å²) in [5, 5.41) is 19.2. The van der Waals surface area contributed by atoms with Crippen LogP contribution >= 0.6 is 0 Å². The fourth-order valence-electron chi connectivity index (χ4n) is 22.3. The molecule has 0 atom stereocenters. The Morgan fingerprint density at radius 2 is 0.331 bits per heavy atom. The second kappa shape index (κ2) is 33.0. The summed E-state index contributed by atoms with van der Waals surface area (Å²) in [6.45, 7) is 0. The van der Waals surface area contributed by atoms with Gasteiger partial charge in [-0.15, -0.1) is 0 Å². The van der Waals surface area contributed by atoms with Crippen molar-refractivity contribution in [2.24, 2.45) is 0 Å². The summed E-state index contributed by atoms with van der Waals surface area (Å²) >= 11 is 0. The molecule has 0 N–H and O–H groups in total. The average molecular weight is 1820 g/mol. The fourth-order valence-corrected chi connectivity index (χ4v) is 22.3. The van der Waals surface area contributed by atoms with Gasteiger partial charge >= 0.3 is 0 Å². The lowest BCUT2D eigenvalue weighted by atomic mass is 10.1. The molecule has 30 rings (SSSR count). The van der Waals surface area contributed by atoms with Gasteiger partial charge in [0.1, 0.15) is 46.5 Å². The van der Waals surface area contributed by atoms with E-state index < -0.39 is 0 Å². The van der Waals surface area contributed by atoms with Gasteiger partial charge in [-0.2, -0.15) is 0 Å². The molecule has 14 nitrogen and oxygen atoms in total. The second-order valence-electron chi connectivity index (χ2n) is 36.1. The van der Waals surface area contributed by atoms with E-state index in [0.29, 0.717) is 0 Å². The van der Waals surface area contributed by atoms with Crippen molar-refractivity contribution in [3.05, 3.63) is 485 Å². The summed E-state index contributed by atoms with van der Waals surface area (Å²) in [6.07, 6.45) is 0. The van der Waals surface area contributed by atoms with Gasteiger partial charge in [0.05, 0.1) is 112 Å². The molecule has 0 fully saturated rings. The summed E-state index contributed by atoms with van der Waals surface area (Å²) in [6, 6.07) is 171. The lowest BCUT2D eigenvalue weighted by Gasteiger charge is -2.14. The summed E-state index contributed by atoms with van der Waals surface area (Å²) in [7, 11) is 1.69. The quantitative estimate of drug-likeness (QED) is 0.120. The van der Waals surface area contributed by atoms with Crippen molar-refractivity contribution in [1.29, 1.82) is 0 Å². The number of hydrogen-bond donors (Lipinski definition) is 0. The lowest BCUT2D eigenvalue weighted by molar-refractivity contribution is 0.415. The SMILES string of the molecule is COc1ccc(-c2cccc(-n3c4ccccc4c4ccc5c6ccccc6n(-c6ccccc6)c5c43)n2)cc1.c1cc(-n2c3ccccc3c3ccccc32)nc(-n2c3ccccc3c3ccc4c5ccccc5n(-c5cccc(-n6c7ccccc7c7ccccc76)n5)c4c32)c1.c1ccc(-c2cccc(-n3c4ccccc4c4ccc5c6ccccc6n(-c6cccc(-c7ccccc7)n6)c5c43)n2)cc1. The summed E-state index contributed by atoms with van der Waals surface area (Å²) in [4.78, 5) is 26.7. The summed E-state index contributed by atoms with van der Waals surface area (Å²) in [5.74, 6) is 6.92. The van der Waals surface area contributed by atoms with Gasteiger partial charge in [0, 0.05) is 109 Å². The van der Waals surface area contributed by atoms with Crippen molar-refractivity contribution in [2.45, 2.75) is 0 Å². The molecule has 0 saturated carbocycles. The molecule has 0 saturated heterocycles. The van der Waals surface area contributed by atoms with E-state index in [4.69, 9.17) is 29.7 Å². The number of benzene rings is 17. The monoisotopic (exact) mass is 1820 g/mol. The number of hydrogen-bond acceptors (Lipinski definition) is 6. The molecule has 666 valence electrons. The summed E-state index contributed by atoms with van der Waals surface area (Å²) < 4.78 is 24.1. The van der Waals surface area contributed by atoms with Crippen LogP contribution in [0.3, 0.4) is 0 Å². The van der Waals surface area contributed by atoms with Crippen LogP contribution in [0.4, 0.5) is 0 Å². The molecule has 0 amide bonds. The van der Waals surface area contributed by atoms with E-state index in [-0.39, 0.29) is 0 Å². The molecule has 14 heteroatoms. The number of fused-ring (bicyclic) bond motifs is 27. The third-order valence-corrected chi connectivity index (χ3v) is 28.4. The Morgan fingerprint density at radius 1 is 0.141 bits per heavy atom. The maximum absolute atomic E-state index is 5.52. The molecule has 17 aromatic carbocycles. The Morgan fingerprint density at radius 3 is 0.592 bits per heavy atom. The highest BCUT2D eigenvalue weighted by atomic mass is 16.5. The van der Waals surface area contributed by atoms with Crippen molar-refractivity contribution < 1.29 is 4.74 Å². The first-order chi connectivity index (χ1) is 70.5. The van der Waals surface area contributed by atoms with Crippen molar-refractivity contribution in [3.63, 3.8) is 0 Å². The molecular weight excluding hydrogens is 1740 g/mol. The highest BCUT2D eigenvalue weighted by Crippen LogP contribution is 2.48. The van der Waals surface area contributed by atoms with Crippen LogP contribution in [-0.4, -0.2) is 68.6 Å². The zero-order chi connectivity index (χ0) is 93.6. The molecule has 30 aromatic rings. The largest absolute Gasteiger partial charge is 0.497 e. The molecule has 0 aliphatic rings. The van der Waals surface area contributed by atoms with Gasteiger partial charge in [-0.1, -0.05) is 328 Å². The maximum Gasteiger partial charge on any atom is 0.140 e. The van der Waals surface area contributed by atoms with E-state index in [1.807, 2.05) is 24.3 Å². The Labute approximate surface area is 813 Å². The molecule has 0 bridgehead atoms. The number of nitrogens with zero attached hydrogens (tertiary/aromatic N) is 13. The van der Waals surface area contributed by atoms with Gasteiger partial charge in [-0.05, 0) is 158 Å². The number of aromatic nitrogens is 13. The topological polar surface area (TPSA) is 113 Å². The van der Waals surface area contributed by atoms with Crippen LogP contribution in [0.5, 0.6) is 5.75 Å². The Balaban J connectivity index is 0.000000106. The van der Waals surface area contributed by atoms with E-state index in [0.717, 1.165) is 174 Å². The Hall–Kier alpha value is -19.3. The van der Waals surface area contributed by atoms with Gasteiger partial charge in [-0.25, -0.2) is 24.9 Å². The third kappa shape index (κ3) is 12.8. The molecule has 0 unspecified atom stereocenters. The fraction of sp³-hybridized carbons (Fsp3) is 0.00781. The molecule has 0 aliphatic carbocycles. The number of pyridine rings is 5. The van der Waals surface area contributed by atoms with E-state index >= 15 is 0 Å². The highest BCUT2D eigenvalue weighted by Gasteiger charge is 2.29. The predicted octanol–water partition coefficient (Wildman–Crippen LogP) is 31.8. The van der Waals surface area contributed by atoms with Crippen LogP contribution in [0.1, 0.15) is 0 Å². The number of methoxy groups -OCH3 is 1. The predicted molar refractivity (Wildman–Crippen MR) is 586 cm³/mol. The van der Waals surface area contributed by atoms with Gasteiger partial charge in [-0.3, -0.25) is 32.0 Å². The van der Waals surface area contributed by atoms with Crippen molar-refractivity contribution in [3.8, 4) is 85.9 Å². The summed E-state index contributed by atoms with van der Waals surface area (Å²) in [5.41, 5.74) is 25.2. The minimum atomic E-state index is 0.832. The first-order valence-corrected chi connectivity index (χ1v) is 48.0. The van der Waals surface area contributed by atoms with Gasteiger partial charge < -0.3 is 9.30 Å². The van der Waals surface area contributed by atoms with Gasteiger partial charge in [0.2, 0.25) is 0 Å². The molecule has 13 aromatic heterocycles. The molecular formula is C128H83N13O. The van der Waals surface area contributed by atoms with Crippen molar-refractivity contribution in [1.82, 2.24) is 61.5 Å². The van der Waals surface area contributed by atoms with E-state index in [9.17, 15) is 0 Å². The number of ether oxygens (including phenoxy) is 1. The standard InChI is InChI=1S/C52H32N6.C40H26N4.C36H25N3O/c1-7-21-41-33(15-1)34-16-2-8-22-42(34)55(41)47-27-13-29-49(53-47)57-45-25-11-5-19-37(45)39-31-32-40-38-20-6-12-26-46(38)58(52(40)51(39)57)50-30-14-28-48(54-50)56-43-23-9-3-17-35(43)36-18-4-10-24-44(36)56;1-3-13-27(14-4-1)33-19-11-23-37(41-33)43-35-21-9-7-17-29(35)31-25-26-32-30-18-8-10-22-36(30)44(40(32)39(31)43)38-24-12-20-34(42-38)28-15-5-2-6-16-28;1-40-26-20-18-24(19-21-26)31-14-9-17-34(37-31)39-33-16-8-6-13-28(33)30-23-22-29-27-12-5-7-15-32(27)38(35(29)36(30)39)25-10-3-2-4-11-25/h1-32H;1-26H;2-23H,1H3. The maximum atomic E-state index is 5.52. The number of para-hydroxylation sites is 11. The van der Waals surface area contributed by atoms with Gasteiger partial charge in [0.25, 0.3) is 0 Å². The van der Waals surface area contributed by atoms with E-state index in [2.05, 4.69) is 498 Å². The van der Waals surface area contributed by atoms with Crippen molar-refractivity contribution in [2.75, 3.05) is 7.11 Å². The van der Waals surface area contributed by atoms with Gasteiger partial charge in [0.15, 0.2) is 0 Å². The zero-order valence-corrected chi connectivity index (χ0v) is 76.9. The molecule has 142 heavy (non-hydrogen) atoms. The van der Waals surface area contributed by atoms with Crippen LogP contribution in [0.15, 0.2) is 485 Å². The minimum Gasteiger partial charge on any atom is -0.497 e. The molecule has 0 radical (unpaired) electrons. The molecule has 0 spiro atoms. The van der Waals surface area contributed by atoms with Crippen LogP contribution in [0.2, 0.25) is 0 Å². The normalized spacial score (nSPS) is 11.8. The van der Waals surface area contributed by atoms with E-state index in [1.165, 1.54) is 86.4 Å². The third-order valence-electron chi connectivity index (χ3n) is 28.4. The van der Waals surface area contributed by atoms with E-state index in [1.54, 1.807) is 7.11 Å². The van der Waals surface area contributed by atoms with Crippen LogP contribution < -0.4 is 4.74 Å². The average Bonchev–Trinajstić information content (AvgIpc) is 1.55. The number of rotatable bonds is 12. The zero-order valence-electron chi connectivity index (χ0n) is 76.9. The first kappa shape index (κ1) is 81.1.